The van der Waals surface area contributed by atoms with Gasteiger partial charge in [0.05, 0.1) is 5.92 Å². The van der Waals surface area contributed by atoms with E-state index in [0.29, 0.717) is 19.4 Å². The number of piperidine rings is 1. The van der Waals surface area contributed by atoms with E-state index in [1.54, 1.807) is 69.3 Å². The predicted octanol–water partition coefficient (Wildman–Crippen LogP) is 4.19. The van der Waals surface area contributed by atoms with Crippen LogP contribution in [0.4, 0.5) is 14.4 Å². The van der Waals surface area contributed by atoms with Crippen LogP contribution in [-0.4, -0.2) is 77.4 Å². The molecule has 14 nitrogen and oxygen atoms in total. The maximum absolute atomic E-state index is 13.4. The molecule has 47 heavy (non-hydrogen) atoms. The molecular formula is C33H43N5O9. The molecule has 3 rings (SSSR count). The summed E-state index contributed by atoms with van der Waals surface area (Å²) in [6, 6.07) is 17.0. The molecule has 2 atom stereocenters. The molecule has 1 heterocycles. The van der Waals surface area contributed by atoms with Crippen molar-refractivity contribution < 1.29 is 43.3 Å². The number of hydrogen-bond acceptors (Lipinski definition) is 9. The van der Waals surface area contributed by atoms with Crippen LogP contribution in [0.3, 0.4) is 0 Å². The summed E-state index contributed by atoms with van der Waals surface area (Å²) in [5.41, 5.74) is 0.707. The number of likely N-dealkylation sites (tertiary alicyclic amines) is 1. The van der Waals surface area contributed by atoms with Gasteiger partial charge in [0, 0.05) is 19.6 Å². The van der Waals surface area contributed by atoms with E-state index in [9.17, 15) is 29.1 Å². The summed E-state index contributed by atoms with van der Waals surface area (Å²) in [7, 11) is 0. The van der Waals surface area contributed by atoms with Gasteiger partial charge in [0.2, 0.25) is 11.9 Å². The van der Waals surface area contributed by atoms with Gasteiger partial charge < -0.3 is 29.5 Å². The first-order valence-electron chi connectivity index (χ1n) is 15.4. The molecule has 1 aliphatic rings. The first-order valence-corrected chi connectivity index (χ1v) is 15.4. The van der Waals surface area contributed by atoms with Crippen molar-refractivity contribution in [1.82, 2.24) is 20.9 Å². The maximum atomic E-state index is 13.4. The lowest BCUT2D eigenvalue weighted by Crippen LogP contribution is -2.52. The number of rotatable bonds is 11. The Morgan fingerprint density at radius 2 is 1.45 bits per heavy atom. The number of alkyl carbamates (subject to hydrolysis) is 3. The first kappa shape index (κ1) is 36.3. The molecule has 0 saturated carbocycles. The minimum atomic E-state index is -1.02. The van der Waals surface area contributed by atoms with Crippen molar-refractivity contribution in [3.05, 3.63) is 71.8 Å². The number of nitrogens with zero attached hydrogens (tertiary/aromatic N) is 2. The van der Waals surface area contributed by atoms with Crippen LogP contribution in [0.5, 0.6) is 0 Å². The zero-order chi connectivity index (χ0) is 34.2. The van der Waals surface area contributed by atoms with E-state index in [-0.39, 0.29) is 45.1 Å². The molecule has 0 aliphatic carbocycles. The number of carboxylic acids is 1. The van der Waals surface area contributed by atoms with Crippen LogP contribution < -0.4 is 16.0 Å². The Morgan fingerprint density at radius 1 is 0.894 bits per heavy atom. The van der Waals surface area contributed by atoms with Crippen molar-refractivity contribution in [1.29, 1.82) is 0 Å². The quantitative estimate of drug-likeness (QED) is 0.119. The van der Waals surface area contributed by atoms with Gasteiger partial charge in [0.15, 0.2) is 0 Å². The summed E-state index contributed by atoms with van der Waals surface area (Å²) >= 11 is 0. The topological polar surface area (TPSA) is 185 Å². The van der Waals surface area contributed by atoms with Crippen LogP contribution in [0.15, 0.2) is 65.7 Å². The van der Waals surface area contributed by atoms with E-state index >= 15 is 0 Å². The Labute approximate surface area is 273 Å². The molecule has 0 spiro atoms. The van der Waals surface area contributed by atoms with Crippen LogP contribution in [0.25, 0.3) is 0 Å². The summed E-state index contributed by atoms with van der Waals surface area (Å²) in [5.74, 6) is -2.34. The van der Waals surface area contributed by atoms with Crippen molar-refractivity contribution in [2.24, 2.45) is 10.9 Å². The number of carboxylic acid groups (broad SMARTS) is 1. The lowest BCUT2D eigenvalue weighted by Gasteiger charge is -2.33. The fraction of sp³-hybridized carbons (Fsp3) is 0.455. The zero-order valence-corrected chi connectivity index (χ0v) is 26.9. The highest BCUT2D eigenvalue weighted by Crippen LogP contribution is 2.19. The standard InChI is InChI=1S/C33H43N5O9/c1-33(2,3)47-32(44)35-26(27(39)38-19-11-16-25(20-38)28(40)41)17-10-18-34-29(36-30(42)45-21-23-12-6-4-7-13-23)37-31(43)46-22-24-14-8-5-9-15-24/h4-9,12-15,25-26H,10-11,16-22H2,1-3H3,(H,35,44)(H,40,41)(H2,34,36,37,42,43)/t25?,26-/m0/s1. The van der Waals surface area contributed by atoms with Gasteiger partial charge in [-0.2, -0.15) is 0 Å². The minimum absolute atomic E-state index is 0.0161. The summed E-state index contributed by atoms with van der Waals surface area (Å²) in [5, 5.41) is 16.9. The van der Waals surface area contributed by atoms with Crippen molar-refractivity contribution in [3.8, 4) is 0 Å². The molecule has 2 aromatic carbocycles. The second-order valence-corrected chi connectivity index (χ2v) is 11.9. The number of guanidine groups is 1. The zero-order valence-electron chi connectivity index (χ0n) is 26.9. The van der Waals surface area contributed by atoms with Crippen LogP contribution in [0.1, 0.15) is 57.6 Å². The van der Waals surface area contributed by atoms with Crippen molar-refractivity contribution in [2.45, 2.75) is 71.3 Å². The maximum Gasteiger partial charge on any atom is 0.414 e. The number of aliphatic imine (C=N–C) groups is 1. The number of benzene rings is 2. The Hall–Kier alpha value is -5.14. The number of amides is 4. The van der Waals surface area contributed by atoms with E-state index in [2.05, 4.69) is 20.9 Å². The third-order valence-electron chi connectivity index (χ3n) is 6.86. The lowest BCUT2D eigenvalue weighted by molar-refractivity contribution is -0.146. The molecule has 1 fully saturated rings. The molecular weight excluding hydrogens is 610 g/mol. The van der Waals surface area contributed by atoms with Crippen molar-refractivity contribution in [3.63, 3.8) is 0 Å². The average Bonchev–Trinajstić information content (AvgIpc) is 3.04. The number of carbonyl (C=O) groups is 5. The Balaban J connectivity index is 1.66. The summed E-state index contributed by atoms with van der Waals surface area (Å²) in [4.78, 5) is 68.4. The average molecular weight is 654 g/mol. The molecule has 14 heteroatoms. The number of aliphatic carboxylic acids is 1. The van der Waals surface area contributed by atoms with Crippen LogP contribution in [0.2, 0.25) is 0 Å². The van der Waals surface area contributed by atoms with Crippen LogP contribution >= 0.6 is 0 Å². The molecule has 1 aliphatic heterocycles. The Morgan fingerprint density at radius 3 is 1.96 bits per heavy atom. The third kappa shape index (κ3) is 13.8. The van der Waals surface area contributed by atoms with Crippen LogP contribution in [0, 0.1) is 5.92 Å². The molecule has 2 aromatic rings. The van der Waals surface area contributed by atoms with E-state index in [0.717, 1.165) is 11.1 Å². The Kier molecular flexibility index (Phi) is 14.0. The van der Waals surface area contributed by atoms with Crippen LogP contribution in [-0.2, 0) is 37.0 Å². The molecule has 4 N–H and O–H groups in total. The lowest BCUT2D eigenvalue weighted by atomic mass is 9.97. The van der Waals surface area contributed by atoms with Gasteiger partial charge in [0.1, 0.15) is 24.9 Å². The molecule has 0 radical (unpaired) electrons. The molecule has 1 saturated heterocycles. The van der Waals surface area contributed by atoms with Gasteiger partial charge in [0.25, 0.3) is 0 Å². The normalized spacial score (nSPS) is 15.0. The highest BCUT2D eigenvalue weighted by molar-refractivity contribution is 6.01. The SMILES string of the molecule is CC(C)(C)OC(=O)N[C@@H](CCCN=C(NC(=O)OCc1ccccc1)NC(=O)OCc1ccccc1)C(=O)N1CCCC(C(=O)O)C1. The highest BCUT2D eigenvalue weighted by atomic mass is 16.6. The Bertz CT molecular complexity index is 1320. The monoisotopic (exact) mass is 653 g/mol. The summed E-state index contributed by atoms with van der Waals surface area (Å²) in [6.45, 7) is 5.46. The second kappa shape index (κ2) is 18.1. The number of hydrogen-bond donors (Lipinski definition) is 4. The number of nitrogens with one attached hydrogen (secondary N) is 3. The third-order valence-corrected chi connectivity index (χ3v) is 6.86. The smallest absolute Gasteiger partial charge is 0.414 e. The van der Waals surface area contributed by atoms with E-state index in [4.69, 9.17) is 14.2 Å². The van der Waals surface area contributed by atoms with Gasteiger partial charge in [-0.25, -0.2) is 14.4 Å². The highest BCUT2D eigenvalue weighted by Gasteiger charge is 2.33. The van der Waals surface area contributed by atoms with Crippen molar-refractivity contribution >= 4 is 36.1 Å². The van der Waals surface area contributed by atoms with Gasteiger partial charge in [-0.3, -0.25) is 25.2 Å². The molecule has 0 aromatic heterocycles. The molecule has 254 valence electrons. The predicted molar refractivity (Wildman–Crippen MR) is 171 cm³/mol. The fourth-order valence-electron chi connectivity index (χ4n) is 4.61. The second-order valence-electron chi connectivity index (χ2n) is 11.9. The number of carbonyl (C=O) groups excluding carboxylic acids is 4. The summed E-state index contributed by atoms with van der Waals surface area (Å²) < 4.78 is 15.8. The largest absolute Gasteiger partial charge is 0.481 e. The van der Waals surface area contributed by atoms with Gasteiger partial charge in [-0.15, -0.1) is 0 Å². The van der Waals surface area contributed by atoms with Gasteiger partial charge in [-0.1, -0.05) is 60.7 Å². The molecule has 0 bridgehead atoms. The van der Waals surface area contributed by atoms with E-state index in [1.165, 1.54) is 4.90 Å². The molecule has 4 amide bonds. The van der Waals surface area contributed by atoms with Crippen molar-refractivity contribution in [2.75, 3.05) is 19.6 Å². The van der Waals surface area contributed by atoms with E-state index in [1.807, 2.05) is 12.1 Å². The molecule has 1 unspecified atom stereocenters. The minimum Gasteiger partial charge on any atom is -0.481 e. The van der Waals surface area contributed by atoms with Gasteiger partial charge in [-0.05, 0) is 57.6 Å². The fourth-order valence-corrected chi connectivity index (χ4v) is 4.61. The summed E-state index contributed by atoms with van der Waals surface area (Å²) in [6.07, 6.45) is -1.21. The number of ether oxygens (including phenoxy) is 3. The first-order chi connectivity index (χ1) is 22.4. The van der Waals surface area contributed by atoms with Gasteiger partial charge >= 0.3 is 24.2 Å². The van der Waals surface area contributed by atoms with E-state index < -0.39 is 47.7 Å².